The molecule has 1 aromatic heterocycles. The molecule has 0 bridgehead atoms. The number of hydrogen-bond acceptors (Lipinski definition) is 4. The number of urea groups is 1. The molecule has 186 valence electrons. The van der Waals surface area contributed by atoms with E-state index in [1.54, 1.807) is 16.8 Å². The van der Waals surface area contributed by atoms with Gasteiger partial charge >= 0.3 is 11.9 Å². The van der Waals surface area contributed by atoms with Crippen molar-refractivity contribution in [1.29, 1.82) is 0 Å². The first-order valence-corrected chi connectivity index (χ1v) is 12.3. The molecule has 1 saturated heterocycles. The van der Waals surface area contributed by atoms with Crippen LogP contribution in [0.1, 0.15) is 32.3 Å². The highest BCUT2D eigenvalue weighted by atomic mass is 19.1. The van der Waals surface area contributed by atoms with Crippen LogP contribution in [0.3, 0.4) is 0 Å². The second-order valence-electron chi connectivity index (χ2n) is 9.73. The Bertz CT molecular complexity index is 1120. The molecular formula is C26H35FN7O+. The Hall–Kier alpha value is -3.33. The van der Waals surface area contributed by atoms with Crippen LogP contribution in [-0.2, 0) is 13.5 Å². The average Bonchev–Trinajstić information content (AvgIpc) is 3.27. The van der Waals surface area contributed by atoms with E-state index in [-0.39, 0.29) is 17.9 Å². The number of rotatable bonds is 8. The largest absolute Gasteiger partial charge is 0.335 e. The molecule has 8 nitrogen and oxygen atoms in total. The predicted molar refractivity (Wildman–Crippen MR) is 133 cm³/mol. The predicted octanol–water partition coefficient (Wildman–Crippen LogP) is 3.54. The number of halogens is 1. The third-order valence-corrected chi connectivity index (χ3v) is 6.84. The summed E-state index contributed by atoms with van der Waals surface area (Å²) in [5.74, 6) is 1.38. The minimum Gasteiger partial charge on any atom is -0.335 e. The first-order valence-electron chi connectivity index (χ1n) is 12.3. The number of benzene rings is 2. The number of aromatic nitrogens is 4. The van der Waals surface area contributed by atoms with Gasteiger partial charge in [0.05, 0.1) is 12.6 Å². The van der Waals surface area contributed by atoms with E-state index < -0.39 is 0 Å². The summed E-state index contributed by atoms with van der Waals surface area (Å²) < 4.78 is 14.9. The van der Waals surface area contributed by atoms with E-state index in [1.165, 1.54) is 18.4 Å². The van der Waals surface area contributed by atoms with Crippen molar-refractivity contribution in [3.63, 3.8) is 0 Å². The fourth-order valence-corrected chi connectivity index (χ4v) is 4.76. The van der Waals surface area contributed by atoms with Gasteiger partial charge in [-0.1, -0.05) is 30.3 Å². The van der Waals surface area contributed by atoms with E-state index in [0.717, 1.165) is 31.6 Å². The second kappa shape index (κ2) is 11.4. The Morgan fingerprint density at radius 2 is 2.06 bits per heavy atom. The molecule has 2 amide bonds. The highest BCUT2D eigenvalue weighted by Crippen LogP contribution is 2.22. The molecule has 1 aliphatic rings. The normalized spacial score (nSPS) is 18.1. The van der Waals surface area contributed by atoms with Gasteiger partial charge in [-0.05, 0) is 80.5 Å². The van der Waals surface area contributed by atoms with E-state index in [4.69, 9.17) is 0 Å². The number of carbonyl (C=O) groups excluding carboxylic acids is 1. The quantitative estimate of drug-likeness (QED) is 0.430. The molecule has 2 aromatic carbocycles. The standard InChI is InChI=1S/C26H34FN7O/c1-18(16-34-13-5-6-21(17-34)14-20-9-11-23(27)12-10-20)19(2)28-26(35)29-24-8-4-7-22(15-24)25-30-31-32-33(25)3/h4,7-12,15,18-19,21H,5-6,13-14,16-17H2,1-3H3,(H2,28,29,35)/p+1/t18-,19+,21-/m0/s1. The van der Waals surface area contributed by atoms with Gasteiger partial charge in [0.1, 0.15) is 10.9 Å². The molecule has 2 heterocycles. The van der Waals surface area contributed by atoms with Crippen LogP contribution in [0.2, 0.25) is 0 Å². The number of aromatic amines is 1. The third-order valence-electron chi connectivity index (χ3n) is 6.84. The zero-order valence-electron chi connectivity index (χ0n) is 20.7. The molecule has 0 saturated carbocycles. The number of likely N-dealkylation sites (tertiary alicyclic amines) is 1. The average molecular weight is 481 g/mol. The van der Waals surface area contributed by atoms with E-state index >= 15 is 0 Å². The number of piperidine rings is 1. The summed E-state index contributed by atoms with van der Waals surface area (Å²) in [6.07, 6.45) is 3.34. The number of nitrogens with zero attached hydrogens (tertiary/aromatic N) is 4. The number of H-pyrrole nitrogens is 1. The van der Waals surface area contributed by atoms with Crippen molar-refractivity contribution >= 4 is 11.7 Å². The summed E-state index contributed by atoms with van der Waals surface area (Å²) >= 11 is 0. The van der Waals surface area contributed by atoms with Gasteiger partial charge in [-0.25, -0.2) is 9.18 Å². The summed E-state index contributed by atoms with van der Waals surface area (Å²) in [6, 6.07) is 14.2. The smallest absolute Gasteiger partial charge is 0.331 e. The minimum atomic E-state index is -0.223. The Labute approximate surface area is 205 Å². The van der Waals surface area contributed by atoms with E-state index in [9.17, 15) is 9.18 Å². The van der Waals surface area contributed by atoms with Crippen LogP contribution in [0.15, 0.2) is 48.5 Å². The summed E-state index contributed by atoms with van der Waals surface area (Å²) in [7, 11) is 1.83. The molecule has 0 aliphatic carbocycles. The molecule has 3 N–H and O–H groups in total. The first-order chi connectivity index (χ1) is 16.9. The number of tetrazole rings is 1. The number of aryl methyl sites for hydroxylation is 1. The molecule has 1 fully saturated rings. The Morgan fingerprint density at radius 1 is 1.26 bits per heavy atom. The lowest BCUT2D eigenvalue weighted by Crippen LogP contribution is -2.46. The lowest BCUT2D eigenvalue weighted by molar-refractivity contribution is -0.721. The maximum Gasteiger partial charge on any atom is 0.331 e. The van der Waals surface area contributed by atoms with Crippen molar-refractivity contribution in [2.75, 3.05) is 25.0 Å². The second-order valence-corrected chi connectivity index (χ2v) is 9.73. The van der Waals surface area contributed by atoms with Crippen LogP contribution in [-0.4, -0.2) is 52.1 Å². The number of hydrogen-bond donors (Lipinski definition) is 3. The third kappa shape index (κ3) is 6.85. The van der Waals surface area contributed by atoms with Gasteiger partial charge in [0.25, 0.3) is 0 Å². The van der Waals surface area contributed by atoms with Crippen LogP contribution < -0.4 is 15.3 Å². The van der Waals surface area contributed by atoms with Crippen molar-refractivity contribution in [3.8, 4) is 11.4 Å². The molecule has 0 unspecified atom stereocenters. The zero-order valence-corrected chi connectivity index (χ0v) is 20.7. The highest BCUT2D eigenvalue weighted by Gasteiger charge is 2.24. The highest BCUT2D eigenvalue weighted by molar-refractivity contribution is 5.90. The van der Waals surface area contributed by atoms with Gasteiger partial charge in [-0.3, -0.25) is 0 Å². The Kier molecular flexibility index (Phi) is 8.07. The van der Waals surface area contributed by atoms with E-state index in [2.05, 4.69) is 44.9 Å². The van der Waals surface area contributed by atoms with E-state index in [1.807, 2.05) is 43.4 Å². The van der Waals surface area contributed by atoms with Crippen LogP contribution in [0.5, 0.6) is 0 Å². The molecule has 4 rings (SSSR count). The molecule has 9 heteroatoms. The maximum absolute atomic E-state index is 13.2. The summed E-state index contributed by atoms with van der Waals surface area (Å²) in [4.78, 5) is 15.2. The summed E-state index contributed by atoms with van der Waals surface area (Å²) in [6.45, 7) is 7.28. The van der Waals surface area contributed by atoms with Gasteiger partial charge < -0.3 is 15.5 Å². The number of nitrogens with one attached hydrogen (secondary N) is 3. The fourth-order valence-electron chi connectivity index (χ4n) is 4.76. The number of anilines is 1. The number of carbonyl (C=O) groups is 1. The van der Waals surface area contributed by atoms with Crippen LogP contribution in [0, 0.1) is 17.7 Å². The molecule has 1 aliphatic heterocycles. The Morgan fingerprint density at radius 3 is 2.80 bits per heavy atom. The monoisotopic (exact) mass is 480 g/mol. The first kappa shape index (κ1) is 24.8. The minimum absolute atomic E-state index is 0.0176. The summed E-state index contributed by atoms with van der Waals surface area (Å²) in [5, 5.41) is 16.6. The summed E-state index contributed by atoms with van der Waals surface area (Å²) in [5.41, 5.74) is 2.75. The molecule has 35 heavy (non-hydrogen) atoms. The molecular weight excluding hydrogens is 445 g/mol. The lowest BCUT2D eigenvalue weighted by Gasteiger charge is -2.35. The van der Waals surface area contributed by atoms with Crippen LogP contribution >= 0.6 is 0 Å². The Balaban J connectivity index is 1.25. The van der Waals surface area contributed by atoms with Crippen molar-refractivity contribution in [1.82, 2.24) is 25.7 Å². The molecule has 0 spiro atoms. The SMILES string of the molecule is C[C@@H](CN1CCC[C@@H](Cc2ccc(F)cc2)C1)[C@@H](C)NC(=O)Nc1cccc(-c2nn[nH][n+]2C)c1. The molecule has 0 radical (unpaired) electrons. The van der Waals surface area contributed by atoms with E-state index in [0.29, 0.717) is 23.3 Å². The van der Waals surface area contributed by atoms with Gasteiger partial charge in [-0.15, -0.1) is 0 Å². The van der Waals surface area contributed by atoms with Crippen molar-refractivity contribution in [2.45, 2.75) is 39.2 Å². The van der Waals surface area contributed by atoms with Crippen LogP contribution in [0.4, 0.5) is 14.9 Å². The van der Waals surface area contributed by atoms with Gasteiger partial charge in [-0.2, -0.15) is 4.68 Å². The molecule has 3 atom stereocenters. The van der Waals surface area contributed by atoms with Gasteiger partial charge in [0, 0.05) is 24.8 Å². The maximum atomic E-state index is 13.2. The van der Waals surface area contributed by atoms with Gasteiger partial charge in [0.15, 0.2) is 5.21 Å². The number of amides is 2. The van der Waals surface area contributed by atoms with Crippen molar-refractivity contribution in [3.05, 3.63) is 59.9 Å². The fraction of sp³-hybridized carbons (Fsp3) is 0.462. The topological polar surface area (TPSA) is 89.8 Å². The van der Waals surface area contributed by atoms with Gasteiger partial charge in [0.2, 0.25) is 0 Å². The van der Waals surface area contributed by atoms with Crippen molar-refractivity contribution in [2.24, 2.45) is 18.9 Å². The molecule has 3 aromatic rings. The zero-order chi connectivity index (χ0) is 24.8. The van der Waals surface area contributed by atoms with Crippen LogP contribution in [0.25, 0.3) is 11.4 Å². The van der Waals surface area contributed by atoms with Crippen molar-refractivity contribution < 1.29 is 13.9 Å². The lowest BCUT2D eigenvalue weighted by atomic mass is 9.90.